The summed E-state index contributed by atoms with van der Waals surface area (Å²) in [6, 6.07) is 5.76. The average molecular weight is 413 g/mol. The molecule has 2 fully saturated rings. The molecule has 2 aliphatic heterocycles. The van der Waals surface area contributed by atoms with Crippen molar-refractivity contribution in [1.29, 1.82) is 0 Å². The van der Waals surface area contributed by atoms with Gasteiger partial charge in [0.1, 0.15) is 6.10 Å². The fourth-order valence-electron chi connectivity index (χ4n) is 3.82. The lowest BCUT2D eigenvalue weighted by Gasteiger charge is -2.39. The molecule has 0 bridgehead atoms. The molecule has 1 aromatic rings. The number of nitrogens with one attached hydrogen (secondary N) is 1. The Hall–Kier alpha value is -1.84. The molecule has 162 valence electrons. The molecule has 3 rings (SSSR count). The van der Waals surface area contributed by atoms with E-state index in [1.54, 1.807) is 13.1 Å². The first-order chi connectivity index (χ1) is 13.8. The minimum Gasteiger partial charge on any atom is -0.370 e. The minimum atomic E-state index is -4.36. The number of alkyl halides is 3. The molecular weight excluding hydrogens is 383 g/mol. The lowest BCUT2D eigenvalue weighted by atomic mass is 10.0. The summed E-state index contributed by atoms with van der Waals surface area (Å²) in [5, 5.41) is 3.44. The fraction of sp³-hybridized carbons (Fsp3) is 0.650. The maximum absolute atomic E-state index is 13.0. The second-order valence-electron chi connectivity index (χ2n) is 7.75. The Morgan fingerprint density at radius 1 is 1.21 bits per heavy atom. The SMILES string of the molecule is CN=C(NCC1CN(C)CCN1C)N1CCOC(c2cccc(C(F)(F)F)c2)C1. The fourth-order valence-corrected chi connectivity index (χ4v) is 3.82. The van der Waals surface area contributed by atoms with Gasteiger partial charge in [-0.05, 0) is 31.8 Å². The van der Waals surface area contributed by atoms with Crippen LogP contribution in [0.5, 0.6) is 0 Å². The highest BCUT2D eigenvalue weighted by molar-refractivity contribution is 5.80. The van der Waals surface area contributed by atoms with Crippen molar-refractivity contribution >= 4 is 5.96 Å². The Bertz CT molecular complexity index is 712. The molecule has 2 atom stereocenters. The van der Waals surface area contributed by atoms with Gasteiger partial charge in [0.2, 0.25) is 0 Å². The van der Waals surface area contributed by atoms with Crippen molar-refractivity contribution < 1.29 is 17.9 Å². The van der Waals surface area contributed by atoms with Crippen molar-refractivity contribution in [3.63, 3.8) is 0 Å². The second-order valence-corrected chi connectivity index (χ2v) is 7.75. The van der Waals surface area contributed by atoms with Crippen LogP contribution in [0.25, 0.3) is 0 Å². The van der Waals surface area contributed by atoms with Crippen molar-refractivity contribution in [2.75, 3.05) is 67.0 Å². The van der Waals surface area contributed by atoms with E-state index < -0.39 is 17.8 Å². The Morgan fingerprint density at radius 3 is 2.72 bits per heavy atom. The van der Waals surface area contributed by atoms with Gasteiger partial charge in [-0.15, -0.1) is 0 Å². The van der Waals surface area contributed by atoms with E-state index in [2.05, 4.69) is 39.1 Å². The number of aliphatic imine (C=N–C) groups is 1. The summed E-state index contributed by atoms with van der Waals surface area (Å²) in [4.78, 5) is 11.1. The number of hydrogen-bond acceptors (Lipinski definition) is 4. The zero-order chi connectivity index (χ0) is 21.0. The van der Waals surface area contributed by atoms with Crippen molar-refractivity contribution in [2.24, 2.45) is 4.99 Å². The molecule has 0 saturated carbocycles. The van der Waals surface area contributed by atoms with Crippen LogP contribution in [0.3, 0.4) is 0 Å². The van der Waals surface area contributed by atoms with Gasteiger partial charge in [0.25, 0.3) is 0 Å². The summed E-state index contributed by atoms with van der Waals surface area (Å²) in [5.41, 5.74) is -0.115. The van der Waals surface area contributed by atoms with Crippen LogP contribution in [0, 0.1) is 0 Å². The van der Waals surface area contributed by atoms with Gasteiger partial charge in [0.05, 0.1) is 18.7 Å². The number of halogens is 3. The minimum absolute atomic E-state index is 0.380. The largest absolute Gasteiger partial charge is 0.416 e. The van der Waals surface area contributed by atoms with Gasteiger partial charge in [-0.2, -0.15) is 13.2 Å². The van der Waals surface area contributed by atoms with Gasteiger partial charge in [-0.3, -0.25) is 9.89 Å². The summed E-state index contributed by atoms with van der Waals surface area (Å²) < 4.78 is 44.9. The Balaban J connectivity index is 1.63. The summed E-state index contributed by atoms with van der Waals surface area (Å²) >= 11 is 0. The topological polar surface area (TPSA) is 43.3 Å². The molecule has 6 nitrogen and oxygen atoms in total. The van der Waals surface area contributed by atoms with E-state index in [0.717, 1.165) is 38.2 Å². The third-order valence-electron chi connectivity index (χ3n) is 5.64. The lowest BCUT2D eigenvalue weighted by Crippen LogP contribution is -2.56. The van der Waals surface area contributed by atoms with Crippen LogP contribution in [-0.4, -0.2) is 93.7 Å². The highest BCUT2D eigenvalue weighted by Crippen LogP contribution is 2.32. The third kappa shape index (κ3) is 5.61. The molecular formula is C20H30F3N5O. The van der Waals surface area contributed by atoms with Crippen molar-refractivity contribution in [3.8, 4) is 0 Å². The normalized spacial score (nSPS) is 25.3. The highest BCUT2D eigenvalue weighted by Gasteiger charge is 2.32. The maximum atomic E-state index is 13.0. The maximum Gasteiger partial charge on any atom is 0.416 e. The van der Waals surface area contributed by atoms with Crippen LogP contribution in [0.4, 0.5) is 13.2 Å². The first-order valence-corrected chi connectivity index (χ1v) is 9.91. The molecule has 2 unspecified atom stereocenters. The number of piperazine rings is 1. The number of nitrogens with zero attached hydrogens (tertiary/aromatic N) is 4. The first-order valence-electron chi connectivity index (χ1n) is 9.91. The smallest absolute Gasteiger partial charge is 0.370 e. The standard InChI is InChI=1S/C20H30F3N5O/c1-24-19(25-12-17-13-26(2)7-8-27(17)3)28-9-10-29-18(14-28)15-5-4-6-16(11-15)20(21,22)23/h4-6,11,17-18H,7-10,12-14H2,1-3H3,(H,24,25). The van der Waals surface area contributed by atoms with E-state index >= 15 is 0 Å². The first kappa shape index (κ1) is 21.9. The molecule has 9 heteroatoms. The van der Waals surface area contributed by atoms with E-state index in [4.69, 9.17) is 4.74 Å². The predicted octanol–water partition coefficient (Wildman–Crippen LogP) is 1.90. The highest BCUT2D eigenvalue weighted by atomic mass is 19.4. The van der Waals surface area contributed by atoms with Gasteiger partial charge < -0.3 is 19.9 Å². The molecule has 2 aliphatic rings. The molecule has 0 amide bonds. The summed E-state index contributed by atoms with van der Waals surface area (Å²) in [6.45, 7) is 5.38. The average Bonchev–Trinajstić information content (AvgIpc) is 2.70. The number of benzene rings is 1. The Labute approximate surface area is 170 Å². The van der Waals surface area contributed by atoms with Crippen LogP contribution >= 0.6 is 0 Å². The molecule has 29 heavy (non-hydrogen) atoms. The summed E-state index contributed by atoms with van der Waals surface area (Å²) in [5.74, 6) is 0.756. The second kappa shape index (κ2) is 9.32. The molecule has 0 radical (unpaired) electrons. The lowest BCUT2D eigenvalue weighted by molar-refractivity contribution is -0.137. The van der Waals surface area contributed by atoms with Crippen LogP contribution in [0.2, 0.25) is 0 Å². The van der Waals surface area contributed by atoms with Crippen molar-refractivity contribution in [1.82, 2.24) is 20.0 Å². The van der Waals surface area contributed by atoms with E-state index in [1.807, 2.05) is 0 Å². The monoisotopic (exact) mass is 413 g/mol. The van der Waals surface area contributed by atoms with E-state index in [1.165, 1.54) is 12.1 Å². The molecule has 0 aromatic heterocycles. The van der Waals surface area contributed by atoms with Crippen LogP contribution < -0.4 is 5.32 Å². The van der Waals surface area contributed by atoms with Gasteiger partial charge in [-0.1, -0.05) is 12.1 Å². The van der Waals surface area contributed by atoms with Crippen LogP contribution in [0.1, 0.15) is 17.2 Å². The number of guanidine groups is 1. The summed E-state index contributed by atoms with van der Waals surface area (Å²) in [6.07, 6.45) is -4.78. The predicted molar refractivity (Wildman–Crippen MR) is 107 cm³/mol. The van der Waals surface area contributed by atoms with Crippen LogP contribution in [-0.2, 0) is 10.9 Å². The van der Waals surface area contributed by atoms with Gasteiger partial charge >= 0.3 is 6.18 Å². The quantitative estimate of drug-likeness (QED) is 0.606. The molecule has 2 saturated heterocycles. The molecule has 2 heterocycles. The summed E-state index contributed by atoms with van der Waals surface area (Å²) in [7, 11) is 5.98. The number of morpholine rings is 1. The number of rotatable bonds is 3. The number of likely N-dealkylation sites (N-methyl/N-ethyl adjacent to an activating group) is 2. The third-order valence-corrected chi connectivity index (χ3v) is 5.64. The Kier molecular flexibility index (Phi) is 7.02. The molecule has 0 aliphatic carbocycles. The van der Waals surface area contributed by atoms with Gasteiger partial charge in [-0.25, -0.2) is 0 Å². The number of hydrogen-bond donors (Lipinski definition) is 1. The van der Waals surface area contributed by atoms with E-state index in [0.29, 0.717) is 31.3 Å². The molecule has 1 N–H and O–H groups in total. The van der Waals surface area contributed by atoms with Crippen LogP contribution in [0.15, 0.2) is 29.3 Å². The molecule has 0 spiro atoms. The van der Waals surface area contributed by atoms with E-state index in [9.17, 15) is 13.2 Å². The van der Waals surface area contributed by atoms with Crippen molar-refractivity contribution in [2.45, 2.75) is 18.3 Å². The van der Waals surface area contributed by atoms with E-state index in [-0.39, 0.29) is 0 Å². The zero-order valence-corrected chi connectivity index (χ0v) is 17.2. The van der Waals surface area contributed by atoms with Crippen molar-refractivity contribution in [3.05, 3.63) is 35.4 Å². The number of ether oxygens (including phenoxy) is 1. The van der Waals surface area contributed by atoms with Gasteiger partial charge in [0.15, 0.2) is 5.96 Å². The Morgan fingerprint density at radius 2 is 2.00 bits per heavy atom. The zero-order valence-electron chi connectivity index (χ0n) is 17.2. The molecule has 1 aromatic carbocycles. The van der Waals surface area contributed by atoms with Gasteiger partial charge in [0, 0.05) is 45.8 Å².